The lowest BCUT2D eigenvalue weighted by molar-refractivity contribution is -0.887. The normalized spacial score (nSPS) is 22.9. The molecule has 1 unspecified atom stereocenters. The van der Waals surface area contributed by atoms with Crippen LogP contribution < -0.4 is 4.90 Å². The molecule has 1 N–H and O–H groups in total. The Hall–Kier alpha value is -1.21. The highest BCUT2D eigenvalue weighted by Gasteiger charge is 2.38. The lowest BCUT2D eigenvalue weighted by Gasteiger charge is -2.37. The molecule has 1 heterocycles. The molecule has 1 aliphatic rings. The Bertz CT molecular complexity index is 763. The SMILES string of the molecule is C[NH+]1CCN(S(=O)(=O)c2ccc(Br)cc2)[C@H](c2ccccc2)C1. The zero-order valence-electron chi connectivity index (χ0n) is 12.9. The molecular formula is C17H20BrN2O2S+. The Labute approximate surface area is 145 Å². The molecule has 0 aromatic heterocycles. The van der Waals surface area contributed by atoms with Crippen molar-refractivity contribution < 1.29 is 13.3 Å². The predicted molar refractivity (Wildman–Crippen MR) is 93.8 cm³/mol. The fraction of sp³-hybridized carbons (Fsp3) is 0.294. The highest BCUT2D eigenvalue weighted by Crippen LogP contribution is 2.28. The molecule has 0 saturated carbocycles. The number of nitrogens with one attached hydrogen (secondary N) is 1. The first-order valence-electron chi connectivity index (χ1n) is 7.62. The molecule has 1 aliphatic heterocycles. The van der Waals surface area contributed by atoms with Crippen molar-refractivity contribution in [2.75, 3.05) is 26.7 Å². The van der Waals surface area contributed by atoms with Crippen molar-refractivity contribution in [1.82, 2.24) is 4.31 Å². The van der Waals surface area contributed by atoms with Gasteiger partial charge in [0.1, 0.15) is 0 Å². The summed E-state index contributed by atoms with van der Waals surface area (Å²) >= 11 is 3.35. The molecule has 6 heteroatoms. The van der Waals surface area contributed by atoms with Gasteiger partial charge in [-0.3, -0.25) is 0 Å². The topological polar surface area (TPSA) is 41.8 Å². The Morgan fingerprint density at radius 1 is 1.09 bits per heavy atom. The fourth-order valence-electron chi connectivity index (χ4n) is 2.98. The summed E-state index contributed by atoms with van der Waals surface area (Å²) in [6.07, 6.45) is 0. The maximum absolute atomic E-state index is 13.1. The van der Waals surface area contributed by atoms with Crippen LogP contribution in [0.4, 0.5) is 0 Å². The average molecular weight is 396 g/mol. The largest absolute Gasteiger partial charge is 0.335 e. The van der Waals surface area contributed by atoms with Crippen LogP contribution in [0.5, 0.6) is 0 Å². The van der Waals surface area contributed by atoms with Crippen molar-refractivity contribution in [2.45, 2.75) is 10.9 Å². The number of halogens is 1. The minimum Gasteiger partial charge on any atom is -0.335 e. The van der Waals surface area contributed by atoms with Crippen molar-refractivity contribution in [3.63, 3.8) is 0 Å². The predicted octanol–water partition coefficient (Wildman–Crippen LogP) is 1.71. The number of hydrogen-bond acceptors (Lipinski definition) is 2. The van der Waals surface area contributed by atoms with Gasteiger partial charge in [0.25, 0.3) is 0 Å². The highest BCUT2D eigenvalue weighted by molar-refractivity contribution is 9.10. The van der Waals surface area contributed by atoms with Gasteiger partial charge in [0.05, 0.1) is 37.6 Å². The summed E-state index contributed by atoms with van der Waals surface area (Å²) in [7, 11) is -1.39. The minimum atomic E-state index is -3.50. The summed E-state index contributed by atoms with van der Waals surface area (Å²) in [5, 5.41) is 0. The van der Waals surface area contributed by atoms with Gasteiger partial charge in [-0.25, -0.2) is 8.42 Å². The molecular weight excluding hydrogens is 376 g/mol. The summed E-state index contributed by atoms with van der Waals surface area (Å²) in [6.45, 7) is 2.13. The molecule has 23 heavy (non-hydrogen) atoms. The monoisotopic (exact) mass is 395 g/mol. The van der Waals surface area contributed by atoms with Gasteiger partial charge < -0.3 is 4.90 Å². The molecule has 3 rings (SSSR count). The quantitative estimate of drug-likeness (QED) is 0.859. The second-order valence-electron chi connectivity index (χ2n) is 5.91. The van der Waals surface area contributed by atoms with Gasteiger partial charge >= 0.3 is 0 Å². The average Bonchev–Trinajstić information content (AvgIpc) is 2.56. The Kier molecular flexibility index (Phi) is 4.87. The van der Waals surface area contributed by atoms with E-state index in [0.717, 1.165) is 23.1 Å². The molecule has 2 aromatic rings. The van der Waals surface area contributed by atoms with Crippen LogP contribution in [-0.2, 0) is 10.0 Å². The number of rotatable bonds is 3. The van der Waals surface area contributed by atoms with E-state index < -0.39 is 10.0 Å². The van der Waals surface area contributed by atoms with E-state index in [-0.39, 0.29) is 6.04 Å². The standard InChI is InChI=1S/C17H19BrN2O2S/c1-19-11-12-20(17(13-19)14-5-3-2-4-6-14)23(21,22)16-9-7-15(18)8-10-16/h2-10,17H,11-13H2,1H3/p+1/t17-/m0/s1. The van der Waals surface area contributed by atoms with Crippen LogP contribution in [0.1, 0.15) is 11.6 Å². The first-order chi connectivity index (χ1) is 11.0. The number of likely N-dealkylation sites (N-methyl/N-ethyl adjacent to an activating group) is 1. The Morgan fingerprint density at radius 2 is 1.74 bits per heavy atom. The van der Waals surface area contributed by atoms with E-state index in [2.05, 4.69) is 23.0 Å². The molecule has 0 aliphatic carbocycles. The van der Waals surface area contributed by atoms with Gasteiger partial charge in [-0.1, -0.05) is 46.3 Å². The van der Waals surface area contributed by atoms with Gasteiger partial charge in [0, 0.05) is 4.47 Å². The van der Waals surface area contributed by atoms with Crippen molar-refractivity contribution in [2.24, 2.45) is 0 Å². The number of quaternary nitrogens is 1. The molecule has 1 fully saturated rings. The third kappa shape index (κ3) is 3.50. The summed E-state index contributed by atoms with van der Waals surface area (Å²) in [6, 6.07) is 16.6. The van der Waals surface area contributed by atoms with Gasteiger partial charge in [-0.15, -0.1) is 0 Å². The second kappa shape index (κ2) is 6.73. The van der Waals surface area contributed by atoms with E-state index in [1.807, 2.05) is 30.3 Å². The fourth-order valence-corrected chi connectivity index (χ4v) is 4.86. The van der Waals surface area contributed by atoms with E-state index in [9.17, 15) is 8.42 Å². The van der Waals surface area contributed by atoms with Gasteiger partial charge in [-0.05, 0) is 29.8 Å². The third-order valence-electron chi connectivity index (χ3n) is 4.25. The van der Waals surface area contributed by atoms with E-state index >= 15 is 0 Å². The summed E-state index contributed by atoms with van der Waals surface area (Å²) in [5.74, 6) is 0. The molecule has 1 saturated heterocycles. The minimum absolute atomic E-state index is 0.126. The molecule has 2 atom stereocenters. The van der Waals surface area contributed by atoms with Crippen LogP contribution in [-0.4, -0.2) is 39.4 Å². The maximum Gasteiger partial charge on any atom is 0.244 e. The van der Waals surface area contributed by atoms with Crippen molar-refractivity contribution in [3.05, 3.63) is 64.6 Å². The number of nitrogens with zero attached hydrogens (tertiary/aromatic N) is 1. The van der Waals surface area contributed by atoms with Gasteiger partial charge in [0.2, 0.25) is 10.0 Å². The van der Waals surface area contributed by atoms with Crippen LogP contribution >= 0.6 is 15.9 Å². The van der Waals surface area contributed by atoms with Gasteiger partial charge in [-0.2, -0.15) is 4.31 Å². The van der Waals surface area contributed by atoms with E-state index in [1.165, 1.54) is 4.90 Å². The zero-order chi connectivity index (χ0) is 16.4. The van der Waals surface area contributed by atoms with Crippen molar-refractivity contribution in [3.8, 4) is 0 Å². The lowest BCUT2D eigenvalue weighted by atomic mass is 10.1. The smallest absolute Gasteiger partial charge is 0.244 e. The molecule has 0 spiro atoms. The molecule has 0 radical (unpaired) electrons. The van der Waals surface area contributed by atoms with E-state index in [0.29, 0.717) is 11.4 Å². The van der Waals surface area contributed by atoms with Crippen LogP contribution in [0.25, 0.3) is 0 Å². The van der Waals surface area contributed by atoms with E-state index in [4.69, 9.17) is 0 Å². The van der Waals surface area contributed by atoms with Crippen molar-refractivity contribution in [1.29, 1.82) is 0 Å². The lowest BCUT2D eigenvalue weighted by Crippen LogP contribution is -3.12. The van der Waals surface area contributed by atoms with Gasteiger partial charge in [0.15, 0.2) is 0 Å². The molecule has 4 nitrogen and oxygen atoms in total. The highest BCUT2D eigenvalue weighted by atomic mass is 79.9. The summed E-state index contributed by atoms with van der Waals surface area (Å²) in [5.41, 5.74) is 1.05. The van der Waals surface area contributed by atoms with Crippen LogP contribution in [0, 0.1) is 0 Å². The first kappa shape index (κ1) is 16.6. The van der Waals surface area contributed by atoms with Crippen molar-refractivity contribution >= 4 is 26.0 Å². The molecule has 0 amide bonds. The summed E-state index contributed by atoms with van der Waals surface area (Å²) < 4.78 is 28.7. The zero-order valence-corrected chi connectivity index (χ0v) is 15.3. The molecule has 122 valence electrons. The molecule has 0 bridgehead atoms. The molecule has 2 aromatic carbocycles. The van der Waals surface area contributed by atoms with E-state index in [1.54, 1.807) is 28.6 Å². The second-order valence-corrected chi connectivity index (χ2v) is 8.71. The Balaban J connectivity index is 1.99. The first-order valence-corrected chi connectivity index (χ1v) is 9.85. The number of benzene rings is 2. The Morgan fingerprint density at radius 3 is 2.39 bits per heavy atom. The number of sulfonamides is 1. The van der Waals surface area contributed by atoms with Crippen LogP contribution in [0.3, 0.4) is 0 Å². The maximum atomic E-state index is 13.1. The van der Waals surface area contributed by atoms with Crippen LogP contribution in [0.2, 0.25) is 0 Å². The van der Waals surface area contributed by atoms with Crippen LogP contribution in [0.15, 0.2) is 64.0 Å². The number of hydrogen-bond donors (Lipinski definition) is 1. The summed E-state index contributed by atoms with van der Waals surface area (Å²) in [4.78, 5) is 1.70. The third-order valence-corrected chi connectivity index (χ3v) is 6.70. The number of piperazine rings is 1.